The molecule has 0 saturated heterocycles. The van der Waals surface area contributed by atoms with E-state index in [4.69, 9.17) is 13.4 Å². The van der Waals surface area contributed by atoms with Crippen molar-refractivity contribution in [3.63, 3.8) is 0 Å². The first-order chi connectivity index (χ1) is 14.8. The van der Waals surface area contributed by atoms with E-state index in [1.165, 1.54) is 11.8 Å². The fraction of sp³-hybridized carbons (Fsp3) is 0.143. The average molecular weight is 419 g/mol. The predicted octanol–water partition coefficient (Wildman–Crippen LogP) is 4.83. The van der Waals surface area contributed by atoms with Crippen LogP contribution in [0.1, 0.15) is 17.2 Å². The molecule has 0 aliphatic heterocycles. The normalized spacial score (nSPS) is 11.2. The molecule has 5 rings (SSSR count). The van der Waals surface area contributed by atoms with Crippen LogP contribution in [-0.4, -0.2) is 24.9 Å². The largest absolute Gasteiger partial charge is 0.467 e. The number of hydrogen-bond donors (Lipinski definition) is 0. The number of thioether (sulfide) groups is 1. The van der Waals surface area contributed by atoms with Crippen LogP contribution in [0.15, 0.2) is 79.6 Å². The van der Waals surface area contributed by atoms with Crippen molar-refractivity contribution in [2.45, 2.75) is 24.4 Å². The Hall–Kier alpha value is -3.59. The first kappa shape index (κ1) is 18.4. The van der Waals surface area contributed by atoms with Gasteiger partial charge in [0.25, 0.3) is 0 Å². The van der Waals surface area contributed by atoms with Gasteiger partial charge in [0, 0.05) is 5.56 Å². The minimum atomic E-state index is 0.424. The minimum absolute atomic E-state index is 0.424. The zero-order valence-corrected chi connectivity index (χ0v) is 16.9. The Balaban J connectivity index is 1.42. The van der Waals surface area contributed by atoms with Crippen molar-refractivity contribution >= 4 is 11.8 Å². The molecule has 0 aliphatic rings. The molecule has 0 fully saturated rings. The van der Waals surface area contributed by atoms with Crippen molar-refractivity contribution in [1.29, 1.82) is 0 Å². The van der Waals surface area contributed by atoms with Crippen LogP contribution < -0.4 is 0 Å². The highest BCUT2D eigenvalue weighted by molar-refractivity contribution is 7.98. The fourth-order valence-electron chi connectivity index (χ4n) is 3.07. The van der Waals surface area contributed by atoms with E-state index in [1.807, 2.05) is 34.9 Å². The molecular formula is C21H17N5O3S. The molecule has 150 valence electrons. The first-order valence-electron chi connectivity index (χ1n) is 9.29. The number of rotatable bonds is 7. The predicted molar refractivity (Wildman–Crippen MR) is 110 cm³/mol. The Bertz CT molecular complexity index is 1240. The highest BCUT2D eigenvalue weighted by atomic mass is 32.2. The van der Waals surface area contributed by atoms with Crippen molar-refractivity contribution < 1.29 is 13.4 Å². The monoisotopic (exact) mass is 419 g/mol. The number of aryl methyl sites for hydroxylation is 1. The molecule has 0 spiro atoms. The second kappa shape index (κ2) is 8.03. The molecule has 0 bridgehead atoms. The van der Waals surface area contributed by atoms with E-state index in [1.54, 1.807) is 24.7 Å². The second-order valence-corrected chi connectivity index (χ2v) is 7.51. The molecule has 9 heteroatoms. The van der Waals surface area contributed by atoms with Crippen molar-refractivity contribution in [3.05, 3.63) is 78.3 Å². The summed E-state index contributed by atoms with van der Waals surface area (Å²) in [6.45, 7) is 2.58. The molecule has 0 N–H and O–H groups in total. The van der Waals surface area contributed by atoms with Gasteiger partial charge in [-0.25, -0.2) is 0 Å². The van der Waals surface area contributed by atoms with E-state index in [0.717, 1.165) is 27.9 Å². The van der Waals surface area contributed by atoms with E-state index in [2.05, 4.69) is 33.3 Å². The standard InChI is InChI=1S/C21H17N5O3S/c1-14-6-2-3-8-16(14)20-23-24-21(26(20)12-15-7-4-10-27-15)30-13-18-22-19(25-29-18)17-9-5-11-28-17/h2-11H,12-13H2,1H3. The van der Waals surface area contributed by atoms with Gasteiger partial charge in [0.05, 0.1) is 24.8 Å². The SMILES string of the molecule is Cc1ccccc1-c1nnc(SCc2nc(-c3ccco3)no2)n1Cc1ccco1. The topological polar surface area (TPSA) is 95.9 Å². The highest BCUT2D eigenvalue weighted by Crippen LogP contribution is 2.29. The van der Waals surface area contributed by atoms with Crippen LogP contribution in [0.3, 0.4) is 0 Å². The van der Waals surface area contributed by atoms with Gasteiger partial charge < -0.3 is 13.4 Å². The molecule has 0 amide bonds. The van der Waals surface area contributed by atoms with E-state index < -0.39 is 0 Å². The Morgan fingerprint density at radius 1 is 0.967 bits per heavy atom. The summed E-state index contributed by atoms with van der Waals surface area (Å²) in [6.07, 6.45) is 3.23. The van der Waals surface area contributed by atoms with Gasteiger partial charge in [-0.1, -0.05) is 41.2 Å². The molecule has 5 aromatic rings. The molecule has 4 heterocycles. The summed E-state index contributed by atoms with van der Waals surface area (Å²) in [5, 5.41) is 13.6. The van der Waals surface area contributed by atoms with Gasteiger partial charge in [-0.15, -0.1) is 10.2 Å². The number of benzene rings is 1. The highest BCUT2D eigenvalue weighted by Gasteiger charge is 2.19. The summed E-state index contributed by atoms with van der Waals surface area (Å²) >= 11 is 1.47. The molecule has 0 saturated carbocycles. The lowest BCUT2D eigenvalue weighted by Gasteiger charge is -2.10. The first-order valence-corrected chi connectivity index (χ1v) is 10.3. The van der Waals surface area contributed by atoms with E-state index >= 15 is 0 Å². The maximum atomic E-state index is 5.55. The summed E-state index contributed by atoms with van der Waals surface area (Å²) in [7, 11) is 0. The third-order valence-electron chi connectivity index (χ3n) is 4.53. The van der Waals surface area contributed by atoms with Gasteiger partial charge in [-0.2, -0.15) is 4.98 Å². The average Bonchev–Trinajstić information content (AvgIpc) is 3.55. The zero-order valence-electron chi connectivity index (χ0n) is 16.1. The molecule has 30 heavy (non-hydrogen) atoms. The van der Waals surface area contributed by atoms with Crippen LogP contribution in [0, 0.1) is 6.92 Å². The third-order valence-corrected chi connectivity index (χ3v) is 5.48. The molecular weight excluding hydrogens is 402 g/mol. The van der Waals surface area contributed by atoms with Crippen LogP contribution in [0.5, 0.6) is 0 Å². The number of nitrogens with zero attached hydrogens (tertiary/aromatic N) is 5. The minimum Gasteiger partial charge on any atom is -0.467 e. The lowest BCUT2D eigenvalue weighted by molar-refractivity contribution is 0.390. The fourth-order valence-corrected chi connectivity index (χ4v) is 3.84. The van der Waals surface area contributed by atoms with E-state index in [9.17, 15) is 0 Å². The lowest BCUT2D eigenvalue weighted by Crippen LogP contribution is -2.04. The van der Waals surface area contributed by atoms with Crippen LogP contribution in [0.25, 0.3) is 23.0 Å². The Kier molecular flexibility index (Phi) is 4.94. The molecule has 0 radical (unpaired) electrons. The van der Waals surface area contributed by atoms with Gasteiger partial charge in [-0.3, -0.25) is 4.57 Å². The number of hydrogen-bond acceptors (Lipinski definition) is 8. The summed E-state index contributed by atoms with van der Waals surface area (Å²) in [5.74, 6) is 3.54. The van der Waals surface area contributed by atoms with Crippen molar-refractivity contribution in [2.24, 2.45) is 0 Å². The number of aromatic nitrogens is 5. The van der Waals surface area contributed by atoms with Crippen LogP contribution >= 0.6 is 11.8 Å². The maximum Gasteiger partial charge on any atom is 0.238 e. The van der Waals surface area contributed by atoms with Crippen molar-refractivity contribution in [1.82, 2.24) is 24.9 Å². The van der Waals surface area contributed by atoms with E-state index in [0.29, 0.717) is 29.8 Å². The summed E-state index contributed by atoms with van der Waals surface area (Å²) in [6, 6.07) is 15.5. The molecule has 1 aromatic carbocycles. The summed E-state index contributed by atoms with van der Waals surface area (Å²) < 4.78 is 18.2. The maximum absolute atomic E-state index is 5.55. The van der Waals surface area contributed by atoms with Crippen LogP contribution in [0.4, 0.5) is 0 Å². The van der Waals surface area contributed by atoms with Crippen molar-refractivity contribution in [2.75, 3.05) is 0 Å². The molecule has 0 aliphatic carbocycles. The number of furan rings is 2. The van der Waals surface area contributed by atoms with Crippen LogP contribution in [-0.2, 0) is 12.3 Å². The molecule has 4 aromatic heterocycles. The van der Waals surface area contributed by atoms with Gasteiger partial charge in [0.15, 0.2) is 16.7 Å². The van der Waals surface area contributed by atoms with Gasteiger partial charge in [0.1, 0.15) is 5.76 Å². The molecule has 0 unspecified atom stereocenters. The smallest absolute Gasteiger partial charge is 0.238 e. The second-order valence-electron chi connectivity index (χ2n) is 6.56. The molecule has 0 atom stereocenters. The zero-order chi connectivity index (χ0) is 20.3. The Morgan fingerprint density at radius 2 is 1.83 bits per heavy atom. The van der Waals surface area contributed by atoms with Gasteiger partial charge >= 0.3 is 0 Å². The van der Waals surface area contributed by atoms with Crippen LogP contribution in [0.2, 0.25) is 0 Å². The van der Waals surface area contributed by atoms with Gasteiger partial charge in [-0.05, 0) is 36.8 Å². The van der Waals surface area contributed by atoms with Gasteiger partial charge in [0.2, 0.25) is 11.7 Å². The summed E-state index contributed by atoms with van der Waals surface area (Å²) in [5.41, 5.74) is 2.16. The Labute approximate surface area is 175 Å². The van der Waals surface area contributed by atoms with Crippen molar-refractivity contribution in [3.8, 4) is 23.0 Å². The quantitative estimate of drug-likeness (QED) is 0.346. The van der Waals surface area contributed by atoms with E-state index in [-0.39, 0.29) is 0 Å². The lowest BCUT2D eigenvalue weighted by atomic mass is 10.1. The third kappa shape index (κ3) is 3.67. The Morgan fingerprint density at radius 3 is 2.63 bits per heavy atom. The summed E-state index contributed by atoms with van der Waals surface area (Å²) in [4.78, 5) is 4.38. The molecule has 8 nitrogen and oxygen atoms in total.